The van der Waals surface area contributed by atoms with Crippen LogP contribution < -0.4 is 10.1 Å². The maximum absolute atomic E-state index is 13.0. The van der Waals surface area contributed by atoms with E-state index in [-0.39, 0.29) is 11.8 Å². The van der Waals surface area contributed by atoms with Gasteiger partial charge in [-0.05, 0) is 54.7 Å². The maximum atomic E-state index is 13.0. The van der Waals surface area contributed by atoms with Crippen molar-refractivity contribution in [1.29, 1.82) is 0 Å². The van der Waals surface area contributed by atoms with E-state index in [1.54, 1.807) is 12.1 Å². The van der Waals surface area contributed by atoms with Crippen molar-refractivity contribution >= 4 is 17.5 Å². The van der Waals surface area contributed by atoms with Gasteiger partial charge in [-0.3, -0.25) is 9.59 Å². The molecule has 1 aliphatic heterocycles. The lowest BCUT2D eigenvalue weighted by Crippen LogP contribution is -2.34. The molecule has 4 rings (SSSR count). The van der Waals surface area contributed by atoms with E-state index in [4.69, 9.17) is 4.74 Å². The van der Waals surface area contributed by atoms with Gasteiger partial charge in [0, 0.05) is 13.1 Å². The Balaban J connectivity index is 1.44. The molecular weight excluding hydrogens is 400 g/mol. The predicted molar refractivity (Wildman–Crippen MR) is 127 cm³/mol. The van der Waals surface area contributed by atoms with Crippen molar-refractivity contribution in [3.63, 3.8) is 0 Å². The summed E-state index contributed by atoms with van der Waals surface area (Å²) in [6, 6.07) is 25.0. The van der Waals surface area contributed by atoms with Gasteiger partial charge in [-0.25, -0.2) is 0 Å². The lowest BCUT2D eigenvalue weighted by molar-refractivity contribution is -0.122. The van der Waals surface area contributed by atoms with Gasteiger partial charge in [0.2, 0.25) is 0 Å². The number of carbonyl (C=O) groups excluding carboxylic acids is 2. The molecule has 1 fully saturated rings. The second-order valence-electron chi connectivity index (χ2n) is 7.94. The van der Waals surface area contributed by atoms with Gasteiger partial charge >= 0.3 is 0 Å². The fourth-order valence-electron chi connectivity index (χ4n) is 3.93. The van der Waals surface area contributed by atoms with E-state index in [1.807, 2.05) is 66.4 Å². The molecule has 1 heterocycles. The largest absolute Gasteiger partial charge is 0.481 e. The third-order valence-corrected chi connectivity index (χ3v) is 5.71. The summed E-state index contributed by atoms with van der Waals surface area (Å²) in [5.41, 5.74) is 3.26. The number of benzene rings is 3. The molecule has 0 saturated carbocycles. The van der Waals surface area contributed by atoms with Gasteiger partial charge in [-0.1, -0.05) is 61.5 Å². The molecule has 1 unspecified atom stereocenters. The van der Waals surface area contributed by atoms with Crippen molar-refractivity contribution < 1.29 is 14.3 Å². The number of hydrogen-bond acceptors (Lipinski definition) is 3. The Bertz CT molecular complexity index is 1060. The summed E-state index contributed by atoms with van der Waals surface area (Å²) in [6.07, 6.45) is 1.89. The summed E-state index contributed by atoms with van der Waals surface area (Å²) < 4.78 is 5.98. The van der Waals surface area contributed by atoms with Gasteiger partial charge in [0.15, 0.2) is 6.10 Å². The van der Waals surface area contributed by atoms with Crippen LogP contribution in [0, 0.1) is 0 Å². The zero-order valence-electron chi connectivity index (χ0n) is 18.3. The lowest BCUT2D eigenvalue weighted by Gasteiger charge is -2.20. The molecular formula is C27H28N2O3. The highest BCUT2D eigenvalue weighted by Crippen LogP contribution is 2.24. The minimum Gasteiger partial charge on any atom is -0.481 e. The van der Waals surface area contributed by atoms with Crippen LogP contribution in [0.4, 0.5) is 5.69 Å². The van der Waals surface area contributed by atoms with Gasteiger partial charge in [-0.2, -0.15) is 0 Å². The molecule has 5 nitrogen and oxygen atoms in total. The summed E-state index contributed by atoms with van der Waals surface area (Å²) in [7, 11) is 0. The minimum absolute atomic E-state index is 0.0381. The van der Waals surface area contributed by atoms with Crippen molar-refractivity contribution in [2.24, 2.45) is 0 Å². The standard InChI is InChI=1S/C27H28N2O3/c1-2-25(32-22-16-14-21(15-17-22)20-10-4-3-5-11-20)26(30)28-24-13-7-6-12-23(24)27(31)29-18-8-9-19-29/h3-7,10-17,25H,2,8-9,18-19H2,1H3,(H,28,30). The van der Waals surface area contributed by atoms with Gasteiger partial charge in [0.05, 0.1) is 11.3 Å². The minimum atomic E-state index is -0.660. The van der Waals surface area contributed by atoms with E-state index in [0.29, 0.717) is 23.4 Å². The summed E-state index contributed by atoms with van der Waals surface area (Å²) in [4.78, 5) is 27.7. The van der Waals surface area contributed by atoms with Crippen LogP contribution in [0.15, 0.2) is 78.9 Å². The Hall–Kier alpha value is -3.60. The highest BCUT2D eigenvalue weighted by atomic mass is 16.5. The van der Waals surface area contributed by atoms with Crippen LogP contribution in [0.3, 0.4) is 0 Å². The smallest absolute Gasteiger partial charge is 0.265 e. The molecule has 3 aromatic rings. The number of hydrogen-bond donors (Lipinski definition) is 1. The predicted octanol–water partition coefficient (Wildman–Crippen LogP) is 5.39. The van der Waals surface area contributed by atoms with Crippen LogP contribution in [0.25, 0.3) is 11.1 Å². The van der Waals surface area contributed by atoms with E-state index in [1.165, 1.54) is 0 Å². The molecule has 1 N–H and O–H groups in total. The lowest BCUT2D eigenvalue weighted by atomic mass is 10.1. The molecule has 3 aromatic carbocycles. The first-order valence-electron chi connectivity index (χ1n) is 11.2. The molecule has 1 saturated heterocycles. The third-order valence-electron chi connectivity index (χ3n) is 5.71. The fourth-order valence-corrected chi connectivity index (χ4v) is 3.93. The SMILES string of the molecule is CCC(Oc1ccc(-c2ccccc2)cc1)C(=O)Nc1ccccc1C(=O)N1CCCC1. The second kappa shape index (κ2) is 10.1. The van der Waals surface area contributed by atoms with Gasteiger partial charge in [-0.15, -0.1) is 0 Å². The maximum Gasteiger partial charge on any atom is 0.265 e. The number of amides is 2. The number of para-hydroxylation sites is 1. The van der Waals surface area contributed by atoms with Crippen molar-refractivity contribution in [3.05, 3.63) is 84.4 Å². The summed E-state index contributed by atoms with van der Waals surface area (Å²) in [6.45, 7) is 3.44. The van der Waals surface area contributed by atoms with Gasteiger partial charge in [0.25, 0.3) is 11.8 Å². The molecule has 32 heavy (non-hydrogen) atoms. The Morgan fingerprint density at radius 2 is 1.50 bits per heavy atom. The molecule has 0 aromatic heterocycles. The van der Waals surface area contributed by atoms with E-state index in [2.05, 4.69) is 17.4 Å². The molecule has 0 spiro atoms. The molecule has 0 radical (unpaired) electrons. The van der Waals surface area contributed by atoms with Crippen LogP contribution in [0.5, 0.6) is 5.75 Å². The number of ether oxygens (including phenoxy) is 1. The fraction of sp³-hybridized carbons (Fsp3) is 0.259. The molecule has 1 aliphatic rings. The topological polar surface area (TPSA) is 58.6 Å². The monoisotopic (exact) mass is 428 g/mol. The highest BCUT2D eigenvalue weighted by Gasteiger charge is 2.24. The van der Waals surface area contributed by atoms with E-state index < -0.39 is 6.10 Å². The molecule has 5 heteroatoms. The zero-order valence-corrected chi connectivity index (χ0v) is 18.3. The van der Waals surface area contributed by atoms with Gasteiger partial charge in [0.1, 0.15) is 5.75 Å². The number of carbonyl (C=O) groups is 2. The average Bonchev–Trinajstić information content (AvgIpc) is 3.38. The summed E-state index contributed by atoms with van der Waals surface area (Å²) in [5, 5.41) is 2.91. The van der Waals surface area contributed by atoms with Crippen molar-refractivity contribution in [2.45, 2.75) is 32.3 Å². The van der Waals surface area contributed by atoms with Crippen LogP contribution in [0.1, 0.15) is 36.5 Å². The molecule has 0 bridgehead atoms. The first kappa shape index (κ1) is 21.6. The first-order valence-corrected chi connectivity index (χ1v) is 11.2. The van der Waals surface area contributed by atoms with Crippen molar-refractivity contribution in [3.8, 4) is 16.9 Å². The van der Waals surface area contributed by atoms with Crippen LogP contribution in [-0.4, -0.2) is 35.9 Å². The van der Waals surface area contributed by atoms with Crippen molar-refractivity contribution in [1.82, 2.24) is 4.90 Å². The Labute approximate surface area is 189 Å². The normalized spacial score (nSPS) is 14.1. The Morgan fingerprint density at radius 3 is 2.19 bits per heavy atom. The number of likely N-dealkylation sites (tertiary alicyclic amines) is 1. The van der Waals surface area contributed by atoms with Gasteiger partial charge < -0.3 is 15.0 Å². The van der Waals surface area contributed by atoms with E-state index >= 15 is 0 Å². The van der Waals surface area contributed by atoms with E-state index in [0.717, 1.165) is 37.1 Å². The second-order valence-corrected chi connectivity index (χ2v) is 7.94. The number of anilines is 1. The number of nitrogens with one attached hydrogen (secondary N) is 1. The van der Waals surface area contributed by atoms with Crippen LogP contribution >= 0.6 is 0 Å². The number of rotatable bonds is 7. The summed E-state index contributed by atoms with van der Waals surface area (Å²) in [5.74, 6) is 0.332. The van der Waals surface area contributed by atoms with E-state index in [9.17, 15) is 9.59 Å². The molecule has 0 aliphatic carbocycles. The molecule has 2 amide bonds. The number of nitrogens with zero attached hydrogens (tertiary/aromatic N) is 1. The summed E-state index contributed by atoms with van der Waals surface area (Å²) >= 11 is 0. The Morgan fingerprint density at radius 1 is 0.875 bits per heavy atom. The molecule has 1 atom stereocenters. The highest BCUT2D eigenvalue weighted by molar-refractivity contribution is 6.04. The van der Waals surface area contributed by atoms with Crippen LogP contribution in [0.2, 0.25) is 0 Å². The first-order chi connectivity index (χ1) is 15.7. The van der Waals surface area contributed by atoms with Crippen LogP contribution in [-0.2, 0) is 4.79 Å². The quantitative estimate of drug-likeness (QED) is 0.549. The average molecular weight is 429 g/mol. The molecule has 164 valence electrons. The Kier molecular flexibility index (Phi) is 6.85. The zero-order chi connectivity index (χ0) is 22.3. The third kappa shape index (κ3) is 4.99. The van der Waals surface area contributed by atoms with Crippen molar-refractivity contribution in [2.75, 3.05) is 18.4 Å².